The van der Waals surface area contributed by atoms with Crippen LogP contribution in [0.25, 0.3) is 10.9 Å². The first-order valence-corrected chi connectivity index (χ1v) is 6.48. The van der Waals surface area contributed by atoms with Gasteiger partial charge < -0.3 is 5.32 Å². The van der Waals surface area contributed by atoms with Crippen LogP contribution in [0.5, 0.6) is 0 Å². The van der Waals surface area contributed by atoms with Crippen LogP contribution in [0.4, 0.5) is 5.82 Å². The van der Waals surface area contributed by atoms with E-state index in [4.69, 9.17) is 0 Å². The maximum atomic E-state index is 4.49. The van der Waals surface area contributed by atoms with Crippen LogP contribution in [0.2, 0.25) is 0 Å². The summed E-state index contributed by atoms with van der Waals surface area (Å²) in [6.07, 6.45) is 4.73. The van der Waals surface area contributed by atoms with Gasteiger partial charge in [-0.05, 0) is 24.6 Å². The molecule has 0 aliphatic heterocycles. The first-order valence-electron chi connectivity index (χ1n) is 6.48. The summed E-state index contributed by atoms with van der Waals surface area (Å²) in [4.78, 5) is 4.30. The molecule has 0 fully saturated rings. The SMILES string of the molecule is CCC(Nc1ccccn1)n1ncc2ccccc21. The molecule has 1 N–H and O–H groups in total. The zero-order chi connectivity index (χ0) is 13.1. The number of aromatic nitrogens is 3. The molecule has 1 aromatic carbocycles. The molecule has 0 saturated heterocycles. The maximum Gasteiger partial charge on any atom is 0.127 e. The van der Waals surface area contributed by atoms with Gasteiger partial charge in [0, 0.05) is 11.6 Å². The number of para-hydroxylation sites is 1. The highest BCUT2D eigenvalue weighted by molar-refractivity contribution is 5.78. The highest BCUT2D eigenvalue weighted by Crippen LogP contribution is 2.20. The number of nitrogens with zero attached hydrogens (tertiary/aromatic N) is 3. The molecule has 2 aromatic heterocycles. The number of benzene rings is 1. The summed E-state index contributed by atoms with van der Waals surface area (Å²) in [5.41, 5.74) is 1.14. The fraction of sp³-hybridized carbons (Fsp3) is 0.200. The van der Waals surface area contributed by atoms with Crippen LogP contribution in [-0.4, -0.2) is 14.8 Å². The first kappa shape index (κ1) is 11.7. The van der Waals surface area contributed by atoms with E-state index in [0.717, 1.165) is 23.1 Å². The topological polar surface area (TPSA) is 42.7 Å². The fourth-order valence-corrected chi connectivity index (χ4v) is 2.20. The predicted molar refractivity (Wildman–Crippen MR) is 76.9 cm³/mol. The van der Waals surface area contributed by atoms with E-state index in [-0.39, 0.29) is 6.17 Å². The summed E-state index contributed by atoms with van der Waals surface area (Å²) < 4.78 is 2.02. The number of nitrogens with one attached hydrogen (secondary N) is 1. The van der Waals surface area contributed by atoms with Crippen molar-refractivity contribution in [1.29, 1.82) is 0 Å². The van der Waals surface area contributed by atoms with Crippen LogP contribution in [0.1, 0.15) is 19.5 Å². The number of pyridine rings is 1. The van der Waals surface area contributed by atoms with Crippen LogP contribution in [-0.2, 0) is 0 Å². The van der Waals surface area contributed by atoms with E-state index >= 15 is 0 Å². The molecular formula is C15H16N4. The van der Waals surface area contributed by atoms with Gasteiger partial charge in [-0.3, -0.25) is 0 Å². The standard InChI is InChI=1S/C15H16N4/c1-2-15(18-14-9-5-6-10-16-14)19-13-8-4-3-7-12(13)11-17-19/h3-11,15H,2H2,1H3,(H,16,18). The molecule has 0 aliphatic carbocycles. The lowest BCUT2D eigenvalue weighted by Gasteiger charge is -2.19. The van der Waals surface area contributed by atoms with Gasteiger partial charge in [0.2, 0.25) is 0 Å². The monoisotopic (exact) mass is 252 g/mol. The Morgan fingerprint density at radius 1 is 1.16 bits per heavy atom. The summed E-state index contributed by atoms with van der Waals surface area (Å²) >= 11 is 0. The van der Waals surface area contributed by atoms with Gasteiger partial charge in [-0.1, -0.05) is 31.2 Å². The van der Waals surface area contributed by atoms with Crippen LogP contribution in [0, 0.1) is 0 Å². The number of anilines is 1. The van der Waals surface area contributed by atoms with Crippen molar-refractivity contribution in [2.75, 3.05) is 5.32 Å². The lowest BCUT2D eigenvalue weighted by atomic mass is 10.2. The third-order valence-electron chi connectivity index (χ3n) is 3.17. The summed E-state index contributed by atoms with van der Waals surface area (Å²) in [6.45, 7) is 2.14. The minimum absolute atomic E-state index is 0.106. The average Bonchev–Trinajstić information content (AvgIpc) is 2.90. The highest BCUT2D eigenvalue weighted by Gasteiger charge is 2.12. The molecule has 0 saturated carbocycles. The van der Waals surface area contributed by atoms with Crippen molar-refractivity contribution in [3.63, 3.8) is 0 Å². The average molecular weight is 252 g/mol. The molecule has 3 rings (SSSR count). The van der Waals surface area contributed by atoms with Gasteiger partial charge in [-0.15, -0.1) is 0 Å². The second kappa shape index (κ2) is 5.10. The van der Waals surface area contributed by atoms with Gasteiger partial charge in [-0.2, -0.15) is 5.10 Å². The number of rotatable bonds is 4. The lowest BCUT2D eigenvalue weighted by molar-refractivity contribution is 0.504. The lowest BCUT2D eigenvalue weighted by Crippen LogP contribution is -2.19. The molecule has 4 nitrogen and oxygen atoms in total. The Morgan fingerprint density at radius 2 is 2.00 bits per heavy atom. The molecule has 0 aliphatic rings. The van der Waals surface area contributed by atoms with E-state index in [2.05, 4.69) is 34.5 Å². The van der Waals surface area contributed by atoms with Crippen LogP contribution >= 0.6 is 0 Å². The molecule has 2 heterocycles. The van der Waals surface area contributed by atoms with E-state index in [1.165, 1.54) is 0 Å². The van der Waals surface area contributed by atoms with Gasteiger partial charge in [-0.25, -0.2) is 9.67 Å². The third-order valence-corrected chi connectivity index (χ3v) is 3.17. The minimum Gasteiger partial charge on any atom is -0.348 e. The zero-order valence-electron chi connectivity index (χ0n) is 10.8. The molecule has 96 valence electrons. The Labute approximate surface area is 112 Å². The zero-order valence-corrected chi connectivity index (χ0v) is 10.8. The molecule has 0 radical (unpaired) electrons. The Morgan fingerprint density at radius 3 is 2.79 bits per heavy atom. The molecule has 1 unspecified atom stereocenters. The minimum atomic E-state index is 0.106. The van der Waals surface area contributed by atoms with Crippen LogP contribution in [0.3, 0.4) is 0 Å². The van der Waals surface area contributed by atoms with Crippen molar-refractivity contribution in [1.82, 2.24) is 14.8 Å². The second-order valence-corrected chi connectivity index (χ2v) is 4.43. The Hall–Kier alpha value is -2.36. The molecular weight excluding hydrogens is 236 g/mol. The van der Waals surface area contributed by atoms with Gasteiger partial charge in [0.25, 0.3) is 0 Å². The number of hydrogen-bond acceptors (Lipinski definition) is 3. The predicted octanol–water partition coefficient (Wildman–Crippen LogP) is 3.45. The second-order valence-electron chi connectivity index (χ2n) is 4.43. The van der Waals surface area contributed by atoms with Crippen molar-refractivity contribution < 1.29 is 0 Å². The normalized spacial score (nSPS) is 12.5. The van der Waals surface area contributed by atoms with Gasteiger partial charge in [0.1, 0.15) is 12.0 Å². The largest absolute Gasteiger partial charge is 0.348 e. The molecule has 1 atom stereocenters. The summed E-state index contributed by atoms with van der Waals surface area (Å²) in [7, 11) is 0. The number of fused-ring (bicyclic) bond motifs is 1. The van der Waals surface area contributed by atoms with Crippen molar-refractivity contribution in [2.24, 2.45) is 0 Å². The Balaban J connectivity index is 1.94. The van der Waals surface area contributed by atoms with E-state index in [1.54, 1.807) is 6.20 Å². The Kier molecular flexibility index (Phi) is 3.14. The highest BCUT2D eigenvalue weighted by atomic mass is 15.4. The maximum absolute atomic E-state index is 4.49. The van der Waals surface area contributed by atoms with E-state index in [0.29, 0.717) is 0 Å². The molecule has 19 heavy (non-hydrogen) atoms. The molecule has 0 spiro atoms. The van der Waals surface area contributed by atoms with E-state index in [1.807, 2.05) is 41.2 Å². The number of hydrogen-bond donors (Lipinski definition) is 1. The van der Waals surface area contributed by atoms with Gasteiger partial charge in [0.05, 0.1) is 11.7 Å². The van der Waals surface area contributed by atoms with Crippen LogP contribution < -0.4 is 5.32 Å². The smallest absolute Gasteiger partial charge is 0.127 e. The van der Waals surface area contributed by atoms with E-state index in [9.17, 15) is 0 Å². The fourth-order valence-electron chi connectivity index (χ4n) is 2.20. The first-order chi connectivity index (χ1) is 9.38. The molecule has 3 aromatic rings. The van der Waals surface area contributed by atoms with Gasteiger partial charge in [0.15, 0.2) is 0 Å². The third kappa shape index (κ3) is 2.29. The Bertz CT molecular complexity index is 660. The summed E-state index contributed by atoms with van der Waals surface area (Å²) in [6, 6.07) is 14.1. The summed E-state index contributed by atoms with van der Waals surface area (Å²) in [5.74, 6) is 0.869. The molecule has 4 heteroatoms. The van der Waals surface area contributed by atoms with Crippen molar-refractivity contribution in [3.05, 3.63) is 54.9 Å². The molecule has 0 bridgehead atoms. The summed E-state index contributed by atoms with van der Waals surface area (Å²) in [5, 5.41) is 9.06. The van der Waals surface area contributed by atoms with Crippen LogP contribution in [0.15, 0.2) is 54.9 Å². The quantitative estimate of drug-likeness (QED) is 0.773. The van der Waals surface area contributed by atoms with Crippen molar-refractivity contribution in [2.45, 2.75) is 19.5 Å². The molecule has 0 amide bonds. The van der Waals surface area contributed by atoms with Crippen molar-refractivity contribution in [3.8, 4) is 0 Å². The van der Waals surface area contributed by atoms with Crippen molar-refractivity contribution >= 4 is 16.7 Å². The van der Waals surface area contributed by atoms with Gasteiger partial charge >= 0.3 is 0 Å². The van der Waals surface area contributed by atoms with E-state index < -0.39 is 0 Å².